The second-order valence-corrected chi connectivity index (χ2v) is 5.38. The largest absolute Gasteiger partial charge is 0.324 e. The molecule has 1 atom stereocenters. The summed E-state index contributed by atoms with van der Waals surface area (Å²) in [6.45, 7) is 3.90. The Kier molecular flexibility index (Phi) is 4.41. The highest BCUT2D eigenvalue weighted by atomic mass is 35.5. The summed E-state index contributed by atoms with van der Waals surface area (Å²) in [5, 5.41) is 0.525. The Bertz CT molecular complexity index is 620. The molecule has 2 rings (SSSR count). The fourth-order valence-corrected chi connectivity index (χ4v) is 2.50. The highest BCUT2D eigenvalue weighted by molar-refractivity contribution is 6.31. The van der Waals surface area contributed by atoms with Crippen molar-refractivity contribution in [2.45, 2.75) is 26.3 Å². The summed E-state index contributed by atoms with van der Waals surface area (Å²) in [5.41, 5.74) is 8.88. The SMILES string of the molecule is Cc1cc(Cl)c(C(N)Cc2c(F)cccc2F)cc1C. The van der Waals surface area contributed by atoms with Crippen molar-refractivity contribution in [2.75, 3.05) is 0 Å². The first-order chi connectivity index (χ1) is 9.40. The first-order valence-corrected chi connectivity index (χ1v) is 6.73. The van der Waals surface area contributed by atoms with E-state index < -0.39 is 17.7 Å². The van der Waals surface area contributed by atoms with Gasteiger partial charge in [-0.25, -0.2) is 8.78 Å². The quantitative estimate of drug-likeness (QED) is 0.888. The van der Waals surface area contributed by atoms with Gasteiger partial charge in [0.25, 0.3) is 0 Å². The van der Waals surface area contributed by atoms with Crippen molar-refractivity contribution in [3.63, 3.8) is 0 Å². The van der Waals surface area contributed by atoms with Crippen LogP contribution in [-0.4, -0.2) is 0 Å². The molecule has 0 fully saturated rings. The normalized spacial score (nSPS) is 12.5. The zero-order valence-corrected chi connectivity index (χ0v) is 12.1. The van der Waals surface area contributed by atoms with Crippen molar-refractivity contribution in [3.05, 3.63) is 69.2 Å². The minimum Gasteiger partial charge on any atom is -0.324 e. The van der Waals surface area contributed by atoms with E-state index in [0.717, 1.165) is 11.1 Å². The van der Waals surface area contributed by atoms with Crippen LogP contribution in [0.1, 0.15) is 28.3 Å². The summed E-state index contributed by atoms with van der Waals surface area (Å²) in [4.78, 5) is 0. The first-order valence-electron chi connectivity index (χ1n) is 6.35. The number of nitrogens with two attached hydrogens (primary N) is 1. The molecule has 2 N–H and O–H groups in total. The predicted molar refractivity (Wildman–Crippen MR) is 77.9 cm³/mol. The van der Waals surface area contributed by atoms with Crippen molar-refractivity contribution >= 4 is 11.6 Å². The average Bonchev–Trinajstić information content (AvgIpc) is 2.38. The predicted octanol–water partition coefficient (Wildman–Crippen LogP) is 4.48. The van der Waals surface area contributed by atoms with E-state index in [-0.39, 0.29) is 12.0 Å². The third-order valence-corrected chi connectivity index (χ3v) is 3.83. The van der Waals surface area contributed by atoms with Crippen molar-refractivity contribution < 1.29 is 8.78 Å². The maximum Gasteiger partial charge on any atom is 0.129 e. The summed E-state index contributed by atoms with van der Waals surface area (Å²) >= 11 is 6.17. The van der Waals surface area contributed by atoms with Crippen molar-refractivity contribution in [2.24, 2.45) is 5.73 Å². The molecule has 0 aliphatic heterocycles. The van der Waals surface area contributed by atoms with Crippen LogP contribution in [0.4, 0.5) is 8.78 Å². The fraction of sp³-hybridized carbons (Fsp3) is 0.250. The molecule has 0 amide bonds. The summed E-state index contributed by atoms with van der Waals surface area (Å²) < 4.78 is 27.3. The second-order valence-electron chi connectivity index (χ2n) is 4.97. The van der Waals surface area contributed by atoms with Crippen molar-refractivity contribution in [3.8, 4) is 0 Å². The standard InChI is InChI=1S/C16H16ClF2N/c1-9-6-11(13(17)7-10(9)2)16(20)8-12-14(18)4-3-5-15(12)19/h3-7,16H,8,20H2,1-2H3. The molecular formula is C16H16ClF2N. The van der Waals surface area contributed by atoms with Crippen LogP contribution in [-0.2, 0) is 6.42 Å². The van der Waals surface area contributed by atoms with Crippen LogP contribution in [0.3, 0.4) is 0 Å². The van der Waals surface area contributed by atoms with Gasteiger partial charge in [-0.3, -0.25) is 0 Å². The van der Waals surface area contributed by atoms with Gasteiger partial charge in [0.15, 0.2) is 0 Å². The Hall–Kier alpha value is -1.45. The van der Waals surface area contributed by atoms with E-state index in [4.69, 9.17) is 17.3 Å². The fourth-order valence-electron chi connectivity index (χ4n) is 2.14. The highest BCUT2D eigenvalue weighted by Crippen LogP contribution is 2.28. The maximum absolute atomic E-state index is 13.6. The number of hydrogen-bond donors (Lipinski definition) is 1. The molecule has 106 valence electrons. The Morgan fingerprint density at radius 2 is 1.65 bits per heavy atom. The van der Waals surface area contributed by atoms with E-state index in [1.807, 2.05) is 26.0 Å². The summed E-state index contributed by atoms with van der Waals surface area (Å²) in [5.74, 6) is -1.17. The number of hydrogen-bond acceptors (Lipinski definition) is 1. The minimum atomic E-state index is -0.583. The molecule has 20 heavy (non-hydrogen) atoms. The molecule has 4 heteroatoms. The molecule has 0 aliphatic carbocycles. The average molecular weight is 296 g/mol. The molecule has 0 radical (unpaired) electrons. The van der Waals surface area contributed by atoms with Gasteiger partial charge >= 0.3 is 0 Å². The zero-order valence-electron chi connectivity index (χ0n) is 11.4. The van der Waals surface area contributed by atoms with Gasteiger partial charge in [0.1, 0.15) is 11.6 Å². The maximum atomic E-state index is 13.6. The lowest BCUT2D eigenvalue weighted by atomic mass is 9.96. The van der Waals surface area contributed by atoms with E-state index in [1.54, 1.807) is 0 Å². The smallest absolute Gasteiger partial charge is 0.129 e. The molecule has 2 aromatic rings. The van der Waals surface area contributed by atoms with Crippen LogP contribution >= 0.6 is 11.6 Å². The van der Waals surface area contributed by atoms with E-state index in [9.17, 15) is 8.78 Å². The van der Waals surface area contributed by atoms with E-state index >= 15 is 0 Å². The molecule has 0 saturated heterocycles. The Labute approximate surface area is 122 Å². The molecule has 0 spiro atoms. The summed E-state index contributed by atoms with van der Waals surface area (Å²) in [6.07, 6.45) is 0.0702. The lowest BCUT2D eigenvalue weighted by Gasteiger charge is -2.16. The van der Waals surface area contributed by atoms with E-state index in [2.05, 4.69) is 0 Å². The molecule has 2 aromatic carbocycles. The summed E-state index contributed by atoms with van der Waals surface area (Å²) in [7, 11) is 0. The van der Waals surface area contributed by atoms with Gasteiger partial charge in [0.05, 0.1) is 0 Å². The molecule has 0 saturated carbocycles. The Morgan fingerprint density at radius 3 is 2.25 bits per heavy atom. The number of halogens is 3. The van der Waals surface area contributed by atoms with Crippen LogP contribution in [0.25, 0.3) is 0 Å². The molecule has 0 heterocycles. The zero-order chi connectivity index (χ0) is 14.9. The molecule has 1 unspecified atom stereocenters. The van der Waals surface area contributed by atoms with Gasteiger partial charge < -0.3 is 5.73 Å². The van der Waals surface area contributed by atoms with Gasteiger partial charge in [0, 0.05) is 16.6 Å². The number of benzene rings is 2. The lowest BCUT2D eigenvalue weighted by molar-refractivity contribution is 0.540. The monoisotopic (exact) mass is 295 g/mol. The van der Waals surface area contributed by atoms with Crippen LogP contribution in [0, 0.1) is 25.5 Å². The van der Waals surface area contributed by atoms with Gasteiger partial charge in [-0.15, -0.1) is 0 Å². The van der Waals surface area contributed by atoms with Crippen LogP contribution in [0.15, 0.2) is 30.3 Å². The third-order valence-electron chi connectivity index (χ3n) is 3.50. The highest BCUT2D eigenvalue weighted by Gasteiger charge is 2.17. The number of rotatable bonds is 3. The molecule has 1 nitrogen and oxygen atoms in total. The van der Waals surface area contributed by atoms with Crippen molar-refractivity contribution in [1.29, 1.82) is 0 Å². The second kappa shape index (κ2) is 5.90. The Balaban J connectivity index is 2.33. The lowest BCUT2D eigenvalue weighted by Crippen LogP contribution is -2.16. The van der Waals surface area contributed by atoms with Crippen LogP contribution in [0.2, 0.25) is 5.02 Å². The first kappa shape index (κ1) is 14.9. The summed E-state index contributed by atoms with van der Waals surface area (Å²) in [6, 6.07) is 6.95. The van der Waals surface area contributed by atoms with Crippen LogP contribution in [0.5, 0.6) is 0 Å². The van der Waals surface area contributed by atoms with E-state index in [0.29, 0.717) is 10.6 Å². The van der Waals surface area contributed by atoms with Crippen molar-refractivity contribution in [1.82, 2.24) is 0 Å². The van der Waals surface area contributed by atoms with Gasteiger partial charge in [0.2, 0.25) is 0 Å². The molecule has 0 aromatic heterocycles. The van der Waals surface area contributed by atoms with Gasteiger partial charge in [-0.05, 0) is 55.2 Å². The van der Waals surface area contributed by atoms with Gasteiger partial charge in [-0.1, -0.05) is 23.7 Å². The Morgan fingerprint density at radius 1 is 1.10 bits per heavy atom. The van der Waals surface area contributed by atoms with E-state index in [1.165, 1.54) is 18.2 Å². The molecule has 0 aliphatic rings. The number of aryl methyl sites for hydroxylation is 2. The van der Waals surface area contributed by atoms with Gasteiger partial charge in [-0.2, -0.15) is 0 Å². The van der Waals surface area contributed by atoms with Crippen LogP contribution < -0.4 is 5.73 Å². The molecule has 0 bridgehead atoms. The minimum absolute atomic E-state index is 0.00528. The third kappa shape index (κ3) is 3.00. The topological polar surface area (TPSA) is 26.0 Å². The molecular weight excluding hydrogens is 280 g/mol.